The van der Waals surface area contributed by atoms with Gasteiger partial charge in [-0.25, -0.2) is 17.9 Å². The average Bonchev–Trinajstić information content (AvgIpc) is 2.94. The first-order valence-corrected chi connectivity index (χ1v) is 8.86. The number of aromatic carboxylic acids is 1. The molecule has 6 nitrogen and oxygen atoms in total. The van der Waals surface area contributed by atoms with Crippen LogP contribution in [0.2, 0.25) is 0 Å². The second-order valence-electron chi connectivity index (χ2n) is 5.67. The highest BCUT2D eigenvalue weighted by Gasteiger charge is 2.21. The van der Waals surface area contributed by atoms with Gasteiger partial charge in [0.15, 0.2) is 0 Å². The van der Waals surface area contributed by atoms with Crippen LogP contribution >= 0.6 is 0 Å². The molecule has 22 heavy (non-hydrogen) atoms. The molecule has 2 N–H and O–H groups in total. The number of carboxylic acid groups (broad SMARTS) is 1. The summed E-state index contributed by atoms with van der Waals surface area (Å²) < 4.78 is 27.4. The predicted octanol–water partition coefficient (Wildman–Crippen LogP) is 1.38. The monoisotopic (exact) mass is 326 g/mol. The summed E-state index contributed by atoms with van der Waals surface area (Å²) in [7, 11) is -3.70. The lowest BCUT2D eigenvalue weighted by Crippen LogP contribution is -2.34. The van der Waals surface area contributed by atoms with E-state index in [1.54, 1.807) is 13.8 Å². The lowest BCUT2D eigenvalue weighted by molar-refractivity contribution is 0.0696. The van der Waals surface area contributed by atoms with Crippen LogP contribution in [0.25, 0.3) is 0 Å². The average molecular weight is 326 g/mol. The molecule has 7 heteroatoms. The minimum Gasteiger partial charge on any atom is -0.478 e. The van der Waals surface area contributed by atoms with E-state index in [-0.39, 0.29) is 10.5 Å². The Kier molecular flexibility index (Phi) is 5.20. The van der Waals surface area contributed by atoms with Crippen LogP contribution in [0.4, 0.5) is 0 Å². The third-order valence-electron chi connectivity index (χ3n) is 4.07. The van der Waals surface area contributed by atoms with Gasteiger partial charge >= 0.3 is 5.97 Å². The number of nitrogens with one attached hydrogen (secondary N) is 1. The number of sulfonamides is 1. The molecule has 0 amide bonds. The number of aryl methyl sites for hydroxylation is 1. The van der Waals surface area contributed by atoms with E-state index in [1.165, 1.54) is 12.1 Å². The molecule has 0 radical (unpaired) electrons. The first kappa shape index (κ1) is 16.9. The molecule has 0 spiro atoms. The van der Waals surface area contributed by atoms with E-state index in [0.29, 0.717) is 24.2 Å². The molecule has 1 fully saturated rings. The maximum atomic E-state index is 12.4. The van der Waals surface area contributed by atoms with Gasteiger partial charge in [-0.1, -0.05) is 0 Å². The topological polar surface area (TPSA) is 86.7 Å². The molecular formula is C15H22N2O4S. The lowest BCUT2D eigenvalue weighted by Gasteiger charge is -2.16. The summed E-state index contributed by atoms with van der Waals surface area (Å²) in [5.41, 5.74) is 1.22. The minimum absolute atomic E-state index is 0.0111. The lowest BCUT2D eigenvalue weighted by atomic mass is 10.1. The fraction of sp³-hybridized carbons (Fsp3) is 0.533. The second-order valence-corrected chi connectivity index (χ2v) is 7.40. The molecule has 0 unspecified atom stereocenters. The second kappa shape index (κ2) is 6.76. The molecule has 1 aliphatic heterocycles. The molecule has 1 saturated heterocycles. The highest BCUT2D eigenvalue weighted by atomic mass is 32.2. The van der Waals surface area contributed by atoms with Gasteiger partial charge in [-0.15, -0.1) is 0 Å². The highest BCUT2D eigenvalue weighted by Crippen LogP contribution is 2.21. The first-order chi connectivity index (χ1) is 10.3. The van der Waals surface area contributed by atoms with Crippen molar-refractivity contribution in [3.63, 3.8) is 0 Å². The summed E-state index contributed by atoms with van der Waals surface area (Å²) >= 11 is 0. The van der Waals surface area contributed by atoms with Crippen molar-refractivity contribution < 1.29 is 18.3 Å². The van der Waals surface area contributed by atoms with Gasteiger partial charge in [0.25, 0.3) is 0 Å². The Morgan fingerprint density at radius 2 is 1.91 bits per heavy atom. The number of likely N-dealkylation sites (tertiary alicyclic amines) is 1. The molecule has 0 bridgehead atoms. The molecule has 122 valence electrons. The number of benzene rings is 1. The maximum Gasteiger partial charge on any atom is 0.335 e. The third-order valence-corrected chi connectivity index (χ3v) is 5.66. The number of carboxylic acids is 1. The van der Waals surface area contributed by atoms with E-state index < -0.39 is 16.0 Å². The van der Waals surface area contributed by atoms with Crippen LogP contribution in [0.15, 0.2) is 17.0 Å². The quantitative estimate of drug-likeness (QED) is 0.824. The van der Waals surface area contributed by atoms with E-state index in [9.17, 15) is 13.2 Å². The maximum absolute atomic E-state index is 12.4. The summed E-state index contributed by atoms with van der Waals surface area (Å²) in [4.78, 5) is 13.4. The van der Waals surface area contributed by atoms with Crippen LogP contribution in [0.5, 0.6) is 0 Å². The third kappa shape index (κ3) is 3.85. The zero-order chi connectivity index (χ0) is 16.3. The summed E-state index contributed by atoms with van der Waals surface area (Å²) in [5.74, 6) is -1.13. The first-order valence-electron chi connectivity index (χ1n) is 7.38. The van der Waals surface area contributed by atoms with Gasteiger partial charge in [0.05, 0.1) is 10.5 Å². The van der Waals surface area contributed by atoms with Crippen molar-refractivity contribution in [3.8, 4) is 0 Å². The molecule has 0 aliphatic carbocycles. The van der Waals surface area contributed by atoms with Crippen molar-refractivity contribution in [3.05, 3.63) is 28.8 Å². The molecule has 1 heterocycles. The Bertz CT molecular complexity index is 664. The van der Waals surface area contributed by atoms with Crippen LogP contribution in [-0.2, 0) is 10.0 Å². The zero-order valence-electron chi connectivity index (χ0n) is 12.9. The Labute approximate surface area is 131 Å². The van der Waals surface area contributed by atoms with Gasteiger partial charge in [0, 0.05) is 13.1 Å². The number of rotatable bonds is 6. The molecule has 0 saturated carbocycles. The van der Waals surface area contributed by atoms with Gasteiger partial charge in [0.1, 0.15) is 0 Å². The molecule has 1 aliphatic rings. The van der Waals surface area contributed by atoms with E-state index in [4.69, 9.17) is 5.11 Å². The fourth-order valence-corrected chi connectivity index (χ4v) is 4.01. The Morgan fingerprint density at radius 1 is 1.27 bits per heavy atom. The number of carbonyl (C=O) groups is 1. The Morgan fingerprint density at radius 3 is 2.50 bits per heavy atom. The molecule has 0 aromatic heterocycles. The van der Waals surface area contributed by atoms with Gasteiger partial charge in [-0.2, -0.15) is 0 Å². The van der Waals surface area contributed by atoms with Gasteiger partial charge < -0.3 is 10.0 Å². The van der Waals surface area contributed by atoms with Crippen molar-refractivity contribution in [1.82, 2.24) is 9.62 Å². The summed E-state index contributed by atoms with van der Waals surface area (Å²) in [6.07, 6.45) is 2.32. The summed E-state index contributed by atoms with van der Waals surface area (Å²) in [6.45, 7) is 6.43. The van der Waals surface area contributed by atoms with Crippen molar-refractivity contribution in [2.45, 2.75) is 31.6 Å². The Hall–Kier alpha value is -1.44. The van der Waals surface area contributed by atoms with Crippen LogP contribution in [0.3, 0.4) is 0 Å². The standard InChI is InChI=1S/C15H22N2O4S/c1-11-9-13(15(18)19)10-14(12(11)2)22(20,21)16-5-8-17-6-3-4-7-17/h9-10,16H,3-8H2,1-2H3,(H,18,19). The van der Waals surface area contributed by atoms with Crippen LogP contribution in [0.1, 0.15) is 34.3 Å². The van der Waals surface area contributed by atoms with Gasteiger partial charge in [0.2, 0.25) is 10.0 Å². The summed E-state index contributed by atoms with van der Waals surface area (Å²) in [6, 6.07) is 2.71. The van der Waals surface area contributed by atoms with E-state index in [1.807, 2.05) is 0 Å². The SMILES string of the molecule is Cc1cc(C(=O)O)cc(S(=O)(=O)NCCN2CCCC2)c1C. The minimum atomic E-state index is -3.70. The number of nitrogens with zero attached hydrogens (tertiary/aromatic N) is 1. The smallest absolute Gasteiger partial charge is 0.335 e. The van der Waals surface area contributed by atoms with Crippen LogP contribution < -0.4 is 4.72 Å². The van der Waals surface area contributed by atoms with Crippen LogP contribution in [-0.4, -0.2) is 50.6 Å². The van der Waals surface area contributed by atoms with E-state index in [0.717, 1.165) is 25.9 Å². The van der Waals surface area contributed by atoms with E-state index >= 15 is 0 Å². The number of hydrogen-bond acceptors (Lipinski definition) is 4. The zero-order valence-corrected chi connectivity index (χ0v) is 13.7. The van der Waals surface area contributed by atoms with Crippen molar-refractivity contribution in [1.29, 1.82) is 0 Å². The normalized spacial score (nSPS) is 16.1. The molecule has 2 rings (SSSR count). The largest absolute Gasteiger partial charge is 0.478 e. The van der Waals surface area contributed by atoms with Crippen molar-refractivity contribution in [2.24, 2.45) is 0 Å². The highest BCUT2D eigenvalue weighted by molar-refractivity contribution is 7.89. The van der Waals surface area contributed by atoms with Crippen LogP contribution in [0, 0.1) is 13.8 Å². The molecule has 1 aromatic carbocycles. The van der Waals surface area contributed by atoms with E-state index in [2.05, 4.69) is 9.62 Å². The molecule has 1 aromatic rings. The number of hydrogen-bond donors (Lipinski definition) is 2. The molecule has 0 atom stereocenters. The van der Waals surface area contributed by atoms with Crippen molar-refractivity contribution in [2.75, 3.05) is 26.2 Å². The van der Waals surface area contributed by atoms with Crippen molar-refractivity contribution >= 4 is 16.0 Å². The predicted molar refractivity (Wildman–Crippen MR) is 83.7 cm³/mol. The van der Waals surface area contributed by atoms with Gasteiger partial charge in [-0.05, 0) is 63.0 Å². The Balaban J connectivity index is 2.15. The molecular weight excluding hydrogens is 304 g/mol. The summed E-state index contributed by atoms with van der Waals surface area (Å²) in [5, 5.41) is 9.09. The fourth-order valence-electron chi connectivity index (χ4n) is 2.65. The van der Waals surface area contributed by atoms with Gasteiger partial charge in [-0.3, -0.25) is 0 Å².